The van der Waals surface area contributed by atoms with Crippen molar-refractivity contribution < 1.29 is 29.3 Å². The third-order valence-electron chi connectivity index (χ3n) is 3.14. The number of nitrogens with one attached hydrogen (secondary N) is 1. The van der Waals surface area contributed by atoms with Crippen molar-refractivity contribution in [2.75, 3.05) is 0 Å². The van der Waals surface area contributed by atoms with Gasteiger partial charge in [0.1, 0.15) is 11.6 Å². The van der Waals surface area contributed by atoms with E-state index in [4.69, 9.17) is 10.00 Å². The highest BCUT2D eigenvalue weighted by atomic mass is 16.6. The van der Waals surface area contributed by atoms with E-state index < -0.39 is 41.0 Å². The molecule has 124 valence electrons. The Balaban J connectivity index is 5.39. The average molecular weight is 314 g/mol. The van der Waals surface area contributed by atoms with Gasteiger partial charge in [0.05, 0.1) is 12.0 Å². The molecular formula is C14H22N2O6. The summed E-state index contributed by atoms with van der Waals surface area (Å²) in [4.78, 5) is 34.5. The molecule has 8 nitrogen and oxygen atoms in total. The van der Waals surface area contributed by atoms with Crippen molar-refractivity contribution in [1.82, 2.24) is 5.32 Å². The minimum absolute atomic E-state index is 0.373. The number of carboxylic acids is 2. The smallest absolute Gasteiger partial charge is 0.408 e. The van der Waals surface area contributed by atoms with Crippen LogP contribution in [0, 0.1) is 22.7 Å². The van der Waals surface area contributed by atoms with E-state index in [-0.39, 0.29) is 6.42 Å². The van der Waals surface area contributed by atoms with Gasteiger partial charge in [-0.3, -0.25) is 4.79 Å². The molecule has 0 heterocycles. The first kappa shape index (κ1) is 19.7. The zero-order valence-electron chi connectivity index (χ0n) is 13.3. The number of carboxylic acid groups (broad SMARTS) is 2. The third kappa shape index (κ3) is 5.60. The summed E-state index contributed by atoms with van der Waals surface area (Å²) in [5.74, 6) is -3.96. The molecule has 0 unspecified atom stereocenters. The average Bonchev–Trinajstić information content (AvgIpc) is 2.29. The molecule has 0 saturated carbocycles. The van der Waals surface area contributed by atoms with Crippen molar-refractivity contribution in [2.24, 2.45) is 11.3 Å². The maximum atomic E-state index is 11.8. The lowest BCUT2D eigenvalue weighted by atomic mass is 9.71. The van der Waals surface area contributed by atoms with Crippen LogP contribution in [0.3, 0.4) is 0 Å². The second-order valence-electron chi connectivity index (χ2n) is 6.49. The van der Waals surface area contributed by atoms with Gasteiger partial charge in [-0.15, -0.1) is 0 Å². The summed E-state index contributed by atoms with van der Waals surface area (Å²) in [7, 11) is 0. The first-order valence-corrected chi connectivity index (χ1v) is 6.65. The molecule has 1 amide bonds. The van der Waals surface area contributed by atoms with Crippen LogP contribution in [0.15, 0.2) is 0 Å². The number of nitrogens with zero attached hydrogens (tertiary/aromatic N) is 1. The maximum absolute atomic E-state index is 11.8. The van der Waals surface area contributed by atoms with Gasteiger partial charge >= 0.3 is 18.0 Å². The van der Waals surface area contributed by atoms with Crippen LogP contribution in [0.25, 0.3) is 0 Å². The van der Waals surface area contributed by atoms with Crippen LogP contribution in [0.4, 0.5) is 4.79 Å². The third-order valence-corrected chi connectivity index (χ3v) is 3.14. The van der Waals surface area contributed by atoms with E-state index in [1.807, 2.05) is 0 Å². The van der Waals surface area contributed by atoms with Gasteiger partial charge in [0.2, 0.25) is 0 Å². The number of amides is 1. The van der Waals surface area contributed by atoms with E-state index in [1.54, 1.807) is 26.8 Å². The second-order valence-corrected chi connectivity index (χ2v) is 6.49. The minimum atomic E-state index is -1.52. The lowest BCUT2D eigenvalue weighted by Gasteiger charge is -2.36. The summed E-state index contributed by atoms with van der Waals surface area (Å²) in [6.07, 6.45) is -1.34. The summed E-state index contributed by atoms with van der Waals surface area (Å²) < 4.78 is 4.99. The predicted octanol–water partition coefficient (Wildman–Crippen LogP) is 1.60. The lowest BCUT2D eigenvalue weighted by molar-refractivity contribution is -0.151. The van der Waals surface area contributed by atoms with E-state index >= 15 is 0 Å². The van der Waals surface area contributed by atoms with Crippen molar-refractivity contribution in [1.29, 1.82) is 5.26 Å². The van der Waals surface area contributed by atoms with Crippen LogP contribution in [0.1, 0.15) is 41.0 Å². The topological polar surface area (TPSA) is 137 Å². The number of carbonyl (C=O) groups is 3. The Labute approximate surface area is 129 Å². The molecule has 0 aliphatic carbocycles. The highest BCUT2D eigenvalue weighted by Gasteiger charge is 2.46. The van der Waals surface area contributed by atoms with Crippen molar-refractivity contribution in [3.8, 4) is 6.07 Å². The molecule has 0 aromatic carbocycles. The van der Waals surface area contributed by atoms with Gasteiger partial charge in [-0.25, -0.2) is 9.59 Å². The van der Waals surface area contributed by atoms with Crippen molar-refractivity contribution >= 4 is 18.0 Å². The second kappa shape index (κ2) is 7.11. The molecule has 0 aliphatic rings. The molecule has 0 radical (unpaired) electrons. The Morgan fingerprint density at radius 1 is 1.14 bits per heavy atom. The summed E-state index contributed by atoms with van der Waals surface area (Å²) in [5.41, 5.74) is -2.22. The molecule has 0 aromatic heterocycles. The molecule has 3 N–H and O–H groups in total. The zero-order chi connectivity index (χ0) is 17.7. The molecule has 0 spiro atoms. The van der Waals surface area contributed by atoms with E-state index in [2.05, 4.69) is 5.32 Å². The summed E-state index contributed by atoms with van der Waals surface area (Å²) in [6, 6.07) is 0.206. The lowest BCUT2D eigenvalue weighted by Crippen LogP contribution is -2.55. The van der Waals surface area contributed by atoms with Gasteiger partial charge in [-0.05, 0) is 20.8 Å². The van der Waals surface area contributed by atoms with Crippen LogP contribution in [-0.2, 0) is 14.3 Å². The zero-order valence-corrected chi connectivity index (χ0v) is 13.3. The largest absolute Gasteiger partial charge is 0.481 e. The number of nitriles is 1. The molecule has 0 bridgehead atoms. The highest BCUT2D eigenvalue weighted by Crippen LogP contribution is 2.34. The number of aliphatic carboxylic acids is 2. The number of carbonyl (C=O) groups excluding carboxylic acids is 1. The van der Waals surface area contributed by atoms with Gasteiger partial charge < -0.3 is 20.3 Å². The Morgan fingerprint density at radius 3 is 1.95 bits per heavy atom. The monoisotopic (exact) mass is 314 g/mol. The van der Waals surface area contributed by atoms with Crippen molar-refractivity contribution in [3.63, 3.8) is 0 Å². The van der Waals surface area contributed by atoms with Crippen LogP contribution in [0.5, 0.6) is 0 Å². The van der Waals surface area contributed by atoms with Crippen molar-refractivity contribution in [3.05, 3.63) is 0 Å². The van der Waals surface area contributed by atoms with Gasteiger partial charge in [0, 0.05) is 11.8 Å². The Morgan fingerprint density at radius 2 is 1.64 bits per heavy atom. The Bertz CT molecular complexity index is 487. The predicted molar refractivity (Wildman–Crippen MR) is 75.9 cm³/mol. The molecule has 0 fully saturated rings. The van der Waals surface area contributed by atoms with Gasteiger partial charge in [0.15, 0.2) is 0 Å². The fourth-order valence-corrected chi connectivity index (χ4v) is 1.95. The molecule has 0 aromatic rings. The van der Waals surface area contributed by atoms with Crippen LogP contribution in [-0.4, -0.2) is 39.9 Å². The number of hydrogen-bond donors (Lipinski definition) is 3. The van der Waals surface area contributed by atoms with E-state index in [1.165, 1.54) is 13.8 Å². The van der Waals surface area contributed by atoms with Crippen molar-refractivity contribution in [2.45, 2.75) is 52.7 Å². The maximum Gasteiger partial charge on any atom is 0.408 e. The van der Waals surface area contributed by atoms with E-state index in [0.717, 1.165) is 0 Å². The first-order chi connectivity index (χ1) is 9.82. The molecule has 0 saturated heterocycles. The summed E-state index contributed by atoms with van der Waals surface area (Å²) >= 11 is 0. The number of rotatable bonds is 6. The highest BCUT2D eigenvalue weighted by molar-refractivity contribution is 5.82. The number of alkyl carbamates (subject to hydrolysis) is 1. The quantitative estimate of drug-likeness (QED) is 0.677. The van der Waals surface area contributed by atoms with Crippen LogP contribution in [0.2, 0.25) is 0 Å². The molecule has 0 aliphatic heterocycles. The Hall–Kier alpha value is -2.30. The van der Waals surface area contributed by atoms with E-state index in [0.29, 0.717) is 0 Å². The number of hydrogen-bond acceptors (Lipinski definition) is 5. The summed E-state index contributed by atoms with van der Waals surface area (Å²) in [5, 5.41) is 29.4. The van der Waals surface area contributed by atoms with Gasteiger partial charge in [-0.1, -0.05) is 13.8 Å². The SMILES string of the molecule is CC(C)(C)OC(=O)N[C@H](C(=O)O)C(C)(C)[C@@H](CC#N)C(=O)O. The van der Waals surface area contributed by atoms with Crippen LogP contribution >= 0.6 is 0 Å². The normalized spacial score (nSPS) is 14.4. The molecule has 0 rings (SSSR count). The molecule has 22 heavy (non-hydrogen) atoms. The van der Waals surface area contributed by atoms with E-state index in [9.17, 15) is 24.6 Å². The summed E-state index contributed by atoms with van der Waals surface area (Å²) in [6.45, 7) is 7.59. The number of ether oxygens (including phenoxy) is 1. The minimum Gasteiger partial charge on any atom is -0.481 e. The van der Waals surface area contributed by atoms with Gasteiger partial charge in [-0.2, -0.15) is 5.26 Å². The fraction of sp³-hybridized carbons (Fsp3) is 0.714. The standard InChI is InChI=1S/C14H22N2O6/c1-13(2,3)22-12(21)16-9(11(19)20)14(4,5)8(6-7-15)10(17)18/h8-9H,6H2,1-5H3,(H,16,21)(H,17,18)(H,19,20)/t8-,9+/m0/s1. The van der Waals surface area contributed by atoms with Crippen LogP contribution < -0.4 is 5.32 Å². The molecule has 8 heteroatoms. The molecular weight excluding hydrogens is 292 g/mol. The Kier molecular flexibility index (Phi) is 6.37. The first-order valence-electron chi connectivity index (χ1n) is 6.65. The fourth-order valence-electron chi connectivity index (χ4n) is 1.95. The van der Waals surface area contributed by atoms with Gasteiger partial charge in [0.25, 0.3) is 0 Å². The molecule has 2 atom stereocenters.